The minimum absolute atomic E-state index is 0.336. The van der Waals surface area contributed by atoms with Crippen LogP contribution in [0.3, 0.4) is 0 Å². The third-order valence-corrected chi connectivity index (χ3v) is 6.23. The molecule has 0 unspecified atom stereocenters. The highest BCUT2D eigenvalue weighted by molar-refractivity contribution is 7.09. The second kappa shape index (κ2) is 7.07. The van der Waals surface area contributed by atoms with Gasteiger partial charge in [0.2, 0.25) is 5.91 Å². The van der Waals surface area contributed by atoms with Gasteiger partial charge in [-0.25, -0.2) is 4.98 Å². The molecule has 1 N–H and O–H groups in total. The molecule has 6 heteroatoms. The maximum absolute atomic E-state index is 12.4. The molecule has 128 valence electrons. The van der Waals surface area contributed by atoms with Gasteiger partial charge in [0, 0.05) is 61.8 Å². The van der Waals surface area contributed by atoms with E-state index >= 15 is 0 Å². The molecule has 5 nitrogen and oxygen atoms in total. The minimum Gasteiger partial charge on any atom is -0.348 e. The normalized spacial score (nSPS) is 25.0. The fraction of sp³-hybridized carbons (Fsp3) is 0.556. The van der Waals surface area contributed by atoms with Crippen molar-refractivity contribution in [3.63, 3.8) is 0 Å². The zero-order valence-corrected chi connectivity index (χ0v) is 14.7. The van der Waals surface area contributed by atoms with Crippen LogP contribution in [0, 0.1) is 5.92 Å². The zero-order chi connectivity index (χ0) is 16.4. The SMILES string of the molecule is O=C1CC[C@@H]2CN(Cc3cccs3)CC[C@@H]2N1CCc1cnc[nH]1. The number of carbonyl (C=O) groups is 1. The van der Waals surface area contributed by atoms with Crippen molar-refractivity contribution in [2.45, 2.75) is 38.3 Å². The van der Waals surface area contributed by atoms with Gasteiger partial charge in [-0.3, -0.25) is 9.69 Å². The fourth-order valence-corrected chi connectivity index (χ4v) is 4.89. The Balaban J connectivity index is 1.37. The van der Waals surface area contributed by atoms with Gasteiger partial charge in [-0.2, -0.15) is 0 Å². The van der Waals surface area contributed by atoms with Gasteiger partial charge in [-0.05, 0) is 30.2 Å². The maximum atomic E-state index is 12.4. The molecule has 0 bridgehead atoms. The molecule has 1 amide bonds. The van der Waals surface area contributed by atoms with Gasteiger partial charge in [0.1, 0.15) is 0 Å². The fourth-order valence-electron chi connectivity index (χ4n) is 4.15. The number of piperidine rings is 2. The largest absolute Gasteiger partial charge is 0.348 e. The number of imidazole rings is 1. The number of aromatic amines is 1. The van der Waals surface area contributed by atoms with Crippen LogP contribution in [0.2, 0.25) is 0 Å². The molecule has 0 aromatic carbocycles. The van der Waals surface area contributed by atoms with Crippen LogP contribution < -0.4 is 0 Å². The molecule has 4 rings (SSSR count). The Morgan fingerprint density at radius 1 is 1.38 bits per heavy atom. The standard InChI is InChI=1S/C18H24N4OS/c23-18-4-3-14-11-21(12-16-2-1-9-24-16)7-6-17(14)22(18)8-5-15-10-19-13-20-15/h1-2,9-10,13-14,17H,3-8,11-12H2,(H,19,20)/t14-,17+/m1/s1. The summed E-state index contributed by atoms with van der Waals surface area (Å²) in [5.74, 6) is 0.959. The van der Waals surface area contributed by atoms with E-state index in [9.17, 15) is 4.79 Å². The second-order valence-corrected chi connectivity index (χ2v) is 7.92. The average molecular weight is 344 g/mol. The minimum atomic E-state index is 0.336. The Bertz CT molecular complexity index is 655. The van der Waals surface area contributed by atoms with Gasteiger partial charge in [0.05, 0.1) is 6.33 Å². The van der Waals surface area contributed by atoms with Crippen molar-refractivity contribution < 1.29 is 4.79 Å². The molecular formula is C18H24N4OS. The van der Waals surface area contributed by atoms with Gasteiger partial charge >= 0.3 is 0 Å². The van der Waals surface area contributed by atoms with Crippen molar-refractivity contribution in [2.24, 2.45) is 5.92 Å². The predicted molar refractivity (Wildman–Crippen MR) is 94.7 cm³/mol. The first-order valence-electron chi connectivity index (χ1n) is 8.81. The lowest BCUT2D eigenvalue weighted by Crippen LogP contribution is -2.56. The lowest BCUT2D eigenvalue weighted by atomic mass is 9.83. The predicted octanol–water partition coefficient (Wildman–Crippen LogP) is 2.53. The van der Waals surface area contributed by atoms with E-state index in [1.54, 1.807) is 6.33 Å². The first-order valence-corrected chi connectivity index (χ1v) is 9.69. The first-order chi connectivity index (χ1) is 11.8. The molecular weight excluding hydrogens is 320 g/mol. The number of nitrogens with one attached hydrogen (secondary N) is 1. The summed E-state index contributed by atoms with van der Waals surface area (Å²) in [6.07, 6.45) is 7.29. The van der Waals surface area contributed by atoms with Crippen molar-refractivity contribution >= 4 is 17.2 Å². The summed E-state index contributed by atoms with van der Waals surface area (Å²) in [5.41, 5.74) is 1.11. The highest BCUT2D eigenvalue weighted by Crippen LogP contribution is 2.32. The molecule has 0 saturated carbocycles. The molecule has 2 aromatic rings. The smallest absolute Gasteiger partial charge is 0.222 e. The lowest BCUT2D eigenvalue weighted by molar-refractivity contribution is -0.141. The van der Waals surface area contributed by atoms with Crippen molar-refractivity contribution in [3.05, 3.63) is 40.6 Å². The number of hydrogen-bond donors (Lipinski definition) is 1. The number of rotatable bonds is 5. The summed E-state index contributed by atoms with van der Waals surface area (Å²) in [6.45, 7) is 4.08. The van der Waals surface area contributed by atoms with Crippen molar-refractivity contribution in [1.82, 2.24) is 19.8 Å². The van der Waals surface area contributed by atoms with E-state index < -0.39 is 0 Å². The number of H-pyrrole nitrogens is 1. The number of hydrogen-bond acceptors (Lipinski definition) is 4. The van der Waals surface area contributed by atoms with Crippen LogP contribution in [0.5, 0.6) is 0 Å². The number of nitrogens with zero attached hydrogens (tertiary/aromatic N) is 3. The number of amides is 1. The van der Waals surface area contributed by atoms with E-state index in [0.29, 0.717) is 24.3 Å². The maximum Gasteiger partial charge on any atom is 0.222 e. The van der Waals surface area contributed by atoms with Crippen LogP contribution in [0.4, 0.5) is 0 Å². The number of likely N-dealkylation sites (tertiary alicyclic amines) is 2. The molecule has 2 aromatic heterocycles. The third kappa shape index (κ3) is 3.39. The first kappa shape index (κ1) is 15.8. The zero-order valence-electron chi connectivity index (χ0n) is 13.9. The molecule has 2 saturated heterocycles. The van der Waals surface area contributed by atoms with E-state index in [2.05, 4.69) is 37.3 Å². The van der Waals surface area contributed by atoms with Crippen molar-refractivity contribution in [1.29, 1.82) is 0 Å². The molecule has 0 spiro atoms. The second-order valence-electron chi connectivity index (χ2n) is 6.88. The van der Waals surface area contributed by atoms with Crippen LogP contribution in [-0.4, -0.2) is 51.4 Å². The molecule has 4 heterocycles. The summed E-state index contributed by atoms with van der Waals surface area (Å²) < 4.78 is 0. The average Bonchev–Trinajstić information content (AvgIpc) is 3.28. The highest BCUT2D eigenvalue weighted by Gasteiger charge is 2.38. The quantitative estimate of drug-likeness (QED) is 0.907. The number of aromatic nitrogens is 2. The van der Waals surface area contributed by atoms with E-state index in [0.717, 1.165) is 51.1 Å². The van der Waals surface area contributed by atoms with Gasteiger partial charge in [0.15, 0.2) is 0 Å². The Morgan fingerprint density at radius 2 is 2.33 bits per heavy atom. The third-order valence-electron chi connectivity index (χ3n) is 5.36. The summed E-state index contributed by atoms with van der Waals surface area (Å²) >= 11 is 1.84. The molecule has 2 aliphatic heterocycles. The summed E-state index contributed by atoms with van der Waals surface area (Å²) in [7, 11) is 0. The van der Waals surface area contributed by atoms with E-state index in [4.69, 9.17) is 0 Å². The molecule has 2 atom stereocenters. The molecule has 2 aliphatic rings. The van der Waals surface area contributed by atoms with E-state index in [1.807, 2.05) is 17.5 Å². The van der Waals surface area contributed by atoms with Gasteiger partial charge < -0.3 is 9.88 Å². The number of carbonyl (C=O) groups excluding carboxylic acids is 1. The summed E-state index contributed by atoms with van der Waals surface area (Å²) in [4.78, 5) is 25.8. The molecule has 0 aliphatic carbocycles. The van der Waals surface area contributed by atoms with Crippen LogP contribution >= 0.6 is 11.3 Å². The van der Waals surface area contributed by atoms with Gasteiger partial charge in [0.25, 0.3) is 0 Å². The van der Waals surface area contributed by atoms with Crippen LogP contribution in [0.15, 0.2) is 30.0 Å². The van der Waals surface area contributed by atoms with Gasteiger partial charge in [-0.1, -0.05) is 6.07 Å². The van der Waals surface area contributed by atoms with Gasteiger partial charge in [-0.15, -0.1) is 11.3 Å². The van der Waals surface area contributed by atoms with Crippen LogP contribution in [0.1, 0.15) is 29.8 Å². The highest BCUT2D eigenvalue weighted by atomic mass is 32.1. The summed E-state index contributed by atoms with van der Waals surface area (Å²) in [6, 6.07) is 4.77. The van der Waals surface area contributed by atoms with E-state index in [-0.39, 0.29) is 0 Å². The summed E-state index contributed by atoms with van der Waals surface area (Å²) in [5, 5.41) is 2.15. The van der Waals surface area contributed by atoms with Crippen molar-refractivity contribution in [3.8, 4) is 0 Å². The molecule has 2 fully saturated rings. The van der Waals surface area contributed by atoms with Crippen LogP contribution in [0.25, 0.3) is 0 Å². The lowest BCUT2D eigenvalue weighted by Gasteiger charge is -2.47. The molecule has 0 radical (unpaired) electrons. The monoisotopic (exact) mass is 344 g/mol. The Morgan fingerprint density at radius 3 is 3.12 bits per heavy atom. The topological polar surface area (TPSA) is 52.2 Å². The Hall–Kier alpha value is -1.66. The van der Waals surface area contributed by atoms with E-state index in [1.165, 1.54) is 4.88 Å². The molecule has 24 heavy (non-hydrogen) atoms. The van der Waals surface area contributed by atoms with Crippen LogP contribution in [-0.2, 0) is 17.8 Å². The Kier molecular flexibility index (Phi) is 4.67. The van der Waals surface area contributed by atoms with Crippen molar-refractivity contribution in [2.75, 3.05) is 19.6 Å². The Labute approximate surface area is 146 Å². The number of thiophene rings is 1. The number of fused-ring (bicyclic) bond motifs is 1.